The van der Waals surface area contributed by atoms with Crippen LogP contribution in [0.15, 0.2) is 66.7 Å². The molecular formula is C25H21ClNO2+. The molecule has 0 radical (unpaired) electrons. The van der Waals surface area contributed by atoms with Crippen molar-refractivity contribution in [3.8, 4) is 34.0 Å². The van der Waals surface area contributed by atoms with Gasteiger partial charge in [-0.25, -0.2) is 0 Å². The molecule has 144 valence electrons. The number of hydrogen-bond acceptors (Lipinski definition) is 2. The SMILES string of the molecule is COc1cc2c(cc1OC)-c1c3ccccc3cc(-c3ccc(Cl)cc3)[n+]1CC2. The number of nitrogens with zero attached hydrogens (tertiary/aromatic N) is 1. The first-order valence-electron chi connectivity index (χ1n) is 9.66. The molecule has 0 saturated heterocycles. The van der Waals surface area contributed by atoms with E-state index in [2.05, 4.69) is 59.2 Å². The average Bonchev–Trinajstić information content (AvgIpc) is 2.77. The molecule has 1 aromatic heterocycles. The lowest BCUT2D eigenvalue weighted by molar-refractivity contribution is -0.675. The molecule has 0 bridgehead atoms. The Labute approximate surface area is 175 Å². The third kappa shape index (κ3) is 2.93. The van der Waals surface area contributed by atoms with Gasteiger partial charge >= 0.3 is 0 Å². The number of hydrogen-bond donors (Lipinski definition) is 0. The normalized spacial score (nSPS) is 12.4. The van der Waals surface area contributed by atoms with Crippen molar-refractivity contribution in [2.45, 2.75) is 13.0 Å². The Morgan fingerprint density at radius 3 is 2.34 bits per heavy atom. The third-order valence-corrected chi connectivity index (χ3v) is 5.93. The maximum atomic E-state index is 6.13. The molecule has 0 fully saturated rings. The fraction of sp³-hybridized carbons (Fsp3) is 0.160. The fourth-order valence-electron chi connectivity index (χ4n) is 4.29. The zero-order chi connectivity index (χ0) is 20.0. The number of aryl methyl sites for hydroxylation is 1. The predicted octanol–water partition coefficient (Wildman–Crippen LogP) is 5.69. The molecule has 1 aliphatic rings. The highest BCUT2D eigenvalue weighted by Crippen LogP contribution is 2.40. The molecule has 0 aliphatic carbocycles. The lowest BCUT2D eigenvalue weighted by atomic mass is 9.91. The van der Waals surface area contributed by atoms with Gasteiger partial charge in [0.25, 0.3) is 0 Å². The summed E-state index contributed by atoms with van der Waals surface area (Å²) < 4.78 is 13.6. The minimum Gasteiger partial charge on any atom is -0.493 e. The standard InChI is InChI=1S/C25H21ClNO2/c1-28-23-14-18-11-12-27-22(16-7-9-19(26)10-8-16)13-17-5-3-4-6-20(17)25(27)21(18)15-24(23)29-2/h3-10,13-15H,11-12H2,1-2H3/q+1. The second-order valence-corrected chi connectivity index (χ2v) is 7.67. The van der Waals surface area contributed by atoms with Crippen LogP contribution in [0.25, 0.3) is 33.3 Å². The summed E-state index contributed by atoms with van der Waals surface area (Å²) in [7, 11) is 3.37. The van der Waals surface area contributed by atoms with E-state index in [-0.39, 0.29) is 0 Å². The number of pyridine rings is 1. The molecule has 0 spiro atoms. The highest BCUT2D eigenvalue weighted by molar-refractivity contribution is 6.30. The number of rotatable bonds is 3. The predicted molar refractivity (Wildman–Crippen MR) is 117 cm³/mol. The van der Waals surface area contributed by atoms with E-state index < -0.39 is 0 Å². The van der Waals surface area contributed by atoms with E-state index in [1.165, 1.54) is 33.3 Å². The van der Waals surface area contributed by atoms with Crippen molar-refractivity contribution in [1.29, 1.82) is 0 Å². The van der Waals surface area contributed by atoms with Gasteiger partial charge in [-0.3, -0.25) is 0 Å². The highest BCUT2D eigenvalue weighted by Gasteiger charge is 2.30. The summed E-state index contributed by atoms with van der Waals surface area (Å²) in [4.78, 5) is 0. The van der Waals surface area contributed by atoms with E-state index in [1.807, 2.05) is 12.1 Å². The van der Waals surface area contributed by atoms with Gasteiger partial charge in [-0.15, -0.1) is 0 Å². The first-order chi connectivity index (χ1) is 14.2. The van der Waals surface area contributed by atoms with Crippen LogP contribution in [0.3, 0.4) is 0 Å². The Balaban J connectivity index is 1.85. The number of aromatic nitrogens is 1. The molecule has 4 aromatic rings. The number of ether oxygens (including phenoxy) is 2. The van der Waals surface area contributed by atoms with Crippen LogP contribution in [-0.4, -0.2) is 14.2 Å². The summed E-state index contributed by atoms with van der Waals surface area (Å²) in [5.41, 5.74) is 6.04. The molecule has 2 heterocycles. The number of methoxy groups -OCH3 is 2. The summed E-state index contributed by atoms with van der Waals surface area (Å²) in [6.45, 7) is 0.903. The monoisotopic (exact) mass is 402 g/mol. The second kappa shape index (κ2) is 7.09. The van der Waals surface area contributed by atoms with Gasteiger partial charge in [0.2, 0.25) is 11.4 Å². The molecule has 1 aliphatic heterocycles. The van der Waals surface area contributed by atoms with Gasteiger partial charge in [0.1, 0.15) is 0 Å². The second-order valence-electron chi connectivity index (χ2n) is 7.24. The first kappa shape index (κ1) is 18.0. The number of halogens is 1. The Morgan fingerprint density at radius 1 is 0.862 bits per heavy atom. The summed E-state index contributed by atoms with van der Waals surface area (Å²) in [5, 5.41) is 3.19. The van der Waals surface area contributed by atoms with Crippen molar-refractivity contribution in [3.63, 3.8) is 0 Å². The molecule has 5 rings (SSSR count). The van der Waals surface area contributed by atoms with Crippen LogP contribution in [0.2, 0.25) is 5.02 Å². The lowest BCUT2D eigenvalue weighted by Crippen LogP contribution is -2.42. The summed E-state index contributed by atoms with van der Waals surface area (Å²) in [5.74, 6) is 1.53. The lowest BCUT2D eigenvalue weighted by Gasteiger charge is -2.21. The van der Waals surface area contributed by atoms with E-state index in [9.17, 15) is 0 Å². The molecule has 0 amide bonds. The average molecular weight is 403 g/mol. The Hall–Kier alpha value is -3.04. The molecule has 0 N–H and O–H groups in total. The van der Waals surface area contributed by atoms with Gasteiger partial charge in [0.05, 0.1) is 25.2 Å². The Bertz CT molecular complexity index is 1230. The first-order valence-corrected chi connectivity index (χ1v) is 10.0. The van der Waals surface area contributed by atoms with Crippen molar-refractivity contribution in [2.24, 2.45) is 0 Å². The molecule has 3 nitrogen and oxygen atoms in total. The van der Waals surface area contributed by atoms with Gasteiger partial charge in [0, 0.05) is 23.1 Å². The summed E-state index contributed by atoms with van der Waals surface area (Å²) >= 11 is 6.13. The zero-order valence-corrected chi connectivity index (χ0v) is 17.2. The van der Waals surface area contributed by atoms with E-state index in [1.54, 1.807) is 14.2 Å². The van der Waals surface area contributed by atoms with Gasteiger partial charge < -0.3 is 9.47 Å². The van der Waals surface area contributed by atoms with Crippen molar-refractivity contribution in [3.05, 3.63) is 77.3 Å². The van der Waals surface area contributed by atoms with Crippen LogP contribution >= 0.6 is 11.6 Å². The smallest absolute Gasteiger partial charge is 0.221 e. The van der Waals surface area contributed by atoms with Gasteiger partial charge in [0.15, 0.2) is 18.0 Å². The fourth-order valence-corrected chi connectivity index (χ4v) is 4.42. The van der Waals surface area contributed by atoms with Crippen molar-refractivity contribution >= 4 is 22.4 Å². The quantitative estimate of drug-likeness (QED) is 0.411. The third-order valence-electron chi connectivity index (χ3n) is 5.68. The van der Waals surface area contributed by atoms with Gasteiger partial charge in [-0.1, -0.05) is 29.8 Å². The van der Waals surface area contributed by atoms with Gasteiger partial charge in [-0.2, -0.15) is 4.57 Å². The summed E-state index contributed by atoms with van der Waals surface area (Å²) in [6.07, 6.45) is 0.937. The number of benzene rings is 3. The van der Waals surface area contributed by atoms with Gasteiger partial charge in [-0.05, 0) is 53.4 Å². The van der Waals surface area contributed by atoms with Crippen LogP contribution in [0, 0.1) is 0 Å². The molecule has 29 heavy (non-hydrogen) atoms. The van der Waals surface area contributed by atoms with Crippen LogP contribution in [-0.2, 0) is 13.0 Å². The van der Waals surface area contributed by atoms with E-state index >= 15 is 0 Å². The topological polar surface area (TPSA) is 22.3 Å². The highest BCUT2D eigenvalue weighted by atomic mass is 35.5. The molecule has 4 heteroatoms. The van der Waals surface area contributed by atoms with Crippen LogP contribution in [0.5, 0.6) is 11.5 Å². The van der Waals surface area contributed by atoms with E-state index in [0.29, 0.717) is 0 Å². The van der Waals surface area contributed by atoms with Crippen LogP contribution in [0.4, 0.5) is 0 Å². The molecule has 0 saturated carbocycles. The van der Waals surface area contributed by atoms with E-state index in [0.717, 1.165) is 35.1 Å². The molecule has 0 unspecified atom stereocenters. The Kier molecular flexibility index (Phi) is 4.40. The largest absolute Gasteiger partial charge is 0.493 e. The molecule has 3 aromatic carbocycles. The van der Waals surface area contributed by atoms with Crippen LogP contribution < -0.4 is 14.0 Å². The minimum atomic E-state index is 0.746. The van der Waals surface area contributed by atoms with E-state index in [4.69, 9.17) is 21.1 Å². The van der Waals surface area contributed by atoms with Crippen molar-refractivity contribution in [2.75, 3.05) is 14.2 Å². The zero-order valence-electron chi connectivity index (χ0n) is 16.4. The maximum Gasteiger partial charge on any atom is 0.221 e. The molecule has 0 atom stereocenters. The van der Waals surface area contributed by atoms with Crippen molar-refractivity contribution in [1.82, 2.24) is 0 Å². The maximum absolute atomic E-state index is 6.13. The van der Waals surface area contributed by atoms with Crippen molar-refractivity contribution < 1.29 is 14.0 Å². The number of fused-ring (bicyclic) bond motifs is 5. The van der Waals surface area contributed by atoms with Crippen LogP contribution in [0.1, 0.15) is 5.56 Å². The summed E-state index contributed by atoms with van der Waals surface area (Å²) in [6, 6.07) is 23.1. The minimum absolute atomic E-state index is 0.746. The Morgan fingerprint density at radius 2 is 1.59 bits per heavy atom. The molecular weight excluding hydrogens is 382 g/mol.